The zero-order valence-corrected chi connectivity index (χ0v) is 9.93. The van der Waals surface area contributed by atoms with Gasteiger partial charge in [0.15, 0.2) is 11.5 Å². The van der Waals surface area contributed by atoms with Crippen LogP contribution in [0.1, 0.15) is 5.56 Å². The summed E-state index contributed by atoms with van der Waals surface area (Å²) in [6.45, 7) is 3.38. The number of rotatable bonds is 7. The number of allylic oxidation sites excluding steroid dienone is 1. The number of methoxy groups -OCH3 is 1. The van der Waals surface area contributed by atoms with Crippen LogP contribution in [-0.4, -0.2) is 36.6 Å². The maximum atomic E-state index is 9.19. The lowest BCUT2D eigenvalue weighted by Gasteiger charge is -2.13. The van der Waals surface area contributed by atoms with E-state index < -0.39 is 6.10 Å². The van der Waals surface area contributed by atoms with Gasteiger partial charge in [0.1, 0.15) is 12.7 Å². The second-order valence-electron chi connectivity index (χ2n) is 3.63. The fraction of sp³-hybridized carbons (Fsp3) is 0.385. The largest absolute Gasteiger partial charge is 0.493 e. The lowest BCUT2D eigenvalue weighted by molar-refractivity contribution is 0.0527. The van der Waals surface area contributed by atoms with Crippen molar-refractivity contribution in [1.29, 1.82) is 0 Å². The van der Waals surface area contributed by atoms with Gasteiger partial charge in [0.2, 0.25) is 0 Å². The van der Waals surface area contributed by atoms with Crippen LogP contribution in [0.15, 0.2) is 30.9 Å². The highest BCUT2D eigenvalue weighted by Crippen LogP contribution is 2.28. The van der Waals surface area contributed by atoms with Gasteiger partial charge in [-0.05, 0) is 24.1 Å². The summed E-state index contributed by atoms with van der Waals surface area (Å²) in [6, 6.07) is 5.55. The molecule has 4 heteroatoms. The van der Waals surface area contributed by atoms with Crippen LogP contribution in [0.5, 0.6) is 11.5 Å². The Bertz CT molecular complexity index is 362. The number of hydrogen-bond donors (Lipinski definition) is 2. The molecule has 0 aliphatic carbocycles. The van der Waals surface area contributed by atoms with Gasteiger partial charge in [-0.3, -0.25) is 0 Å². The molecule has 0 aromatic heterocycles. The van der Waals surface area contributed by atoms with Gasteiger partial charge in [0.25, 0.3) is 0 Å². The van der Waals surface area contributed by atoms with E-state index in [0.29, 0.717) is 11.5 Å². The molecule has 0 saturated heterocycles. The maximum absolute atomic E-state index is 9.19. The maximum Gasteiger partial charge on any atom is 0.161 e. The molecule has 1 atom stereocenters. The minimum atomic E-state index is -0.882. The van der Waals surface area contributed by atoms with Crippen molar-refractivity contribution in [3.05, 3.63) is 36.4 Å². The Kier molecular flexibility index (Phi) is 5.52. The summed E-state index contributed by atoms with van der Waals surface area (Å²) in [5, 5.41) is 17.9. The quantitative estimate of drug-likeness (QED) is 0.700. The van der Waals surface area contributed by atoms with E-state index in [9.17, 15) is 5.11 Å². The van der Waals surface area contributed by atoms with E-state index >= 15 is 0 Å². The van der Waals surface area contributed by atoms with Crippen molar-refractivity contribution in [3.8, 4) is 11.5 Å². The van der Waals surface area contributed by atoms with Crippen LogP contribution in [0, 0.1) is 0 Å². The van der Waals surface area contributed by atoms with Crippen LogP contribution in [0.2, 0.25) is 0 Å². The van der Waals surface area contributed by atoms with Crippen LogP contribution in [0.4, 0.5) is 0 Å². The first-order valence-corrected chi connectivity index (χ1v) is 5.40. The molecule has 0 spiro atoms. The Hall–Kier alpha value is -1.52. The van der Waals surface area contributed by atoms with E-state index in [0.717, 1.165) is 12.0 Å². The van der Waals surface area contributed by atoms with Gasteiger partial charge in [-0.2, -0.15) is 0 Å². The highest BCUT2D eigenvalue weighted by molar-refractivity contribution is 5.43. The first-order valence-electron chi connectivity index (χ1n) is 5.40. The van der Waals surface area contributed by atoms with Crippen LogP contribution in [-0.2, 0) is 6.42 Å². The molecule has 0 aliphatic heterocycles. The Morgan fingerprint density at radius 1 is 1.41 bits per heavy atom. The van der Waals surface area contributed by atoms with Gasteiger partial charge < -0.3 is 19.7 Å². The molecule has 0 unspecified atom stereocenters. The van der Waals surface area contributed by atoms with Crippen molar-refractivity contribution >= 4 is 0 Å². The molecule has 94 valence electrons. The number of ether oxygens (including phenoxy) is 2. The minimum Gasteiger partial charge on any atom is -0.493 e. The second-order valence-corrected chi connectivity index (χ2v) is 3.63. The van der Waals surface area contributed by atoms with Gasteiger partial charge >= 0.3 is 0 Å². The summed E-state index contributed by atoms with van der Waals surface area (Å²) in [7, 11) is 1.56. The lowest BCUT2D eigenvalue weighted by atomic mass is 10.1. The van der Waals surface area contributed by atoms with Gasteiger partial charge in [-0.1, -0.05) is 12.1 Å². The van der Waals surface area contributed by atoms with E-state index in [4.69, 9.17) is 14.6 Å². The summed E-state index contributed by atoms with van der Waals surface area (Å²) in [6.07, 6.45) is 1.69. The first kappa shape index (κ1) is 13.5. The van der Waals surface area contributed by atoms with Crippen molar-refractivity contribution < 1.29 is 19.7 Å². The third-order valence-corrected chi connectivity index (χ3v) is 2.25. The molecule has 0 radical (unpaired) electrons. The minimum absolute atomic E-state index is 0.0354. The van der Waals surface area contributed by atoms with E-state index in [1.807, 2.05) is 18.2 Å². The van der Waals surface area contributed by atoms with Crippen LogP contribution >= 0.6 is 0 Å². The monoisotopic (exact) mass is 238 g/mol. The highest BCUT2D eigenvalue weighted by atomic mass is 16.5. The molecule has 0 fully saturated rings. The van der Waals surface area contributed by atoms with Gasteiger partial charge in [-0.25, -0.2) is 0 Å². The smallest absolute Gasteiger partial charge is 0.161 e. The third-order valence-electron chi connectivity index (χ3n) is 2.25. The molecule has 1 aromatic carbocycles. The van der Waals surface area contributed by atoms with Crippen LogP contribution < -0.4 is 9.47 Å². The standard InChI is InChI=1S/C13H18O4/c1-3-4-10-5-6-12(13(7-10)16-2)17-9-11(15)8-14/h3,5-7,11,14-15H,1,4,8-9H2,2H3/t11-/m1/s1. The van der Waals surface area contributed by atoms with Crippen molar-refractivity contribution in [2.45, 2.75) is 12.5 Å². The summed E-state index contributed by atoms with van der Waals surface area (Å²) in [4.78, 5) is 0. The summed E-state index contributed by atoms with van der Waals surface area (Å²) >= 11 is 0. The van der Waals surface area contributed by atoms with Crippen molar-refractivity contribution in [1.82, 2.24) is 0 Å². The van der Waals surface area contributed by atoms with E-state index in [-0.39, 0.29) is 13.2 Å². The molecule has 0 aliphatic rings. The average Bonchev–Trinajstić information content (AvgIpc) is 2.36. The molecule has 0 heterocycles. The first-order chi connectivity index (χ1) is 8.21. The summed E-state index contributed by atoms with van der Waals surface area (Å²) in [5.74, 6) is 1.15. The number of hydrogen-bond acceptors (Lipinski definition) is 4. The average molecular weight is 238 g/mol. The van der Waals surface area contributed by atoms with E-state index in [1.54, 1.807) is 13.2 Å². The van der Waals surface area contributed by atoms with Gasteiger partial charge in [-0.15, -0.1) is 6.58 Å². The molecule has 17 heavy (non-hydrogen) atoms. The van der Waals surface area contributed by atoms with E-state index in [2.05, 4.69) is 6.58 Å². The summed E-state index contributed by atoms with van der Waals surface area (Å²) in [5.41, 5.74) is 1.08. The second kappa shape index (κ2) is 6.93. The fourth-order valence-electron chi connectivity index (χ4n) is 1.36. The molecule has 2 N–H and O–H groups in total. The fourth-order valence-corrected chi connectivity index (χ4v) is 1.36. The lowest BCUT2D eigenvalue weighted by Crippen LogP contribution is -2.21. The Morgan fingerprint density at radius 3 is 2.76 bits per heavy atom. The summed E-state index contributed by atoms with van der Waals surface area (Å²) < 4.78 is 10.5. The SMILES string of the molecule is C=CCc1ccc(OC[C@H](O)CO)c(OC)c1. The predicted octanol–water partition coefficient (Wildman–Crippen LogP) is 1.16. The van der Waals surface area contributed by atoms with Crippen LogP contribution in [0.3, 0.4) is 0 Å². The van der Waals surface area contributed by atoms with Crippen LogP contribution in [0.25, 0.3) is 0 Å². The zero-order chi connectivity index (χ0) is 12.7. The molecule has 0 saturated carbocycles. The topological polar surface area (TPSA) is 58.9 Å². The molecule has 1 rings (SSSR count). The number of benzene rings is 1. The predicted molar refractivity (Wildman–Crippen MR) is 65.5 cm³/mol. The zero-order valence-electron chi connectivity index (χ0n) is 9.93. The van der Waals surface area contributed by atoms with Crippen molar-refractivity contribution in [3.63, 3.8) is 0 Å². The Labute approximate surface area is 101 Å². The van der Waals surface area contributed by atoms with Gasteiger partial charge in [0.05, 0.1) is 13.7 Å². The Morgan fingerprint density at radius 2 is 2.18 bits per heavy atom. The van der Waals surface area contributed by atoms with Crippen molar-refractivity contribution in [2.75, 3.05) is 20.3 Å². The molecular weight excluding hydrogens is 220 g/mol. The van der Waals surface area contributed by atoms with Gasteiger partial charge in [0, 0.05) is 0 Å². The molecular formula is C13H18O4. The number of aliphatic hydroxyl groups excluding tert-OH is 2. The molecule has 4 nitrogen and oxygen atoms in total. The number of aliphatic hydroxyl groups is 2. The Balaban J connectivity index is 2.74. The van der Waals surface area contributed by atoms with Crippen molar-refractivity contribution in [2.24, 2.45) is 0 Å². The highest BCUT2D eigenvalue weighted by Gasteiger charge is 2.08. The molecule has 0 amide bonds. The third kappa shape index (κ3) is 4.09. The molecule has 0 bridgehead atoms. The van der Waals surface area contributed by atoms with E-state index in [1.165, 1.54) is 0 Å². The normalized spacial score (nSPS) is 11.9. The molecule has 1 aromatic rings.